The molecule has 1 aliphatic rings. The summed E-state index contributed by atoms with van der Waals surface area (Å²) in [4.78, 5) is 2.48. The lowest BCUT2D eigenvalue weighted by atomic mass is 10.2. The highest BCUT2D eigenvalue weighted by Gasteiger charge is 2.16. The number of rotatable bonds is 5. The second-order valence-electron chi connectivity index (χ2n) is 4.75. The third-order valence-electron chi connectivity index (χ3n) is 3.31. The summed E-state index contributed by atoms with van der Waals surface area (Å²) in [5, 5.41) is 3.38. The molecule has 0 aliphatic carbocycles. The molecule has 1 aliphatic heterocycles. The molecule has 0 saturated carbocycles. The van der Waals surface area contributed by atoms with Crippen LogP contribution in [0.25, 0.3) is 0 Å². The zero-order valence-corrected chi connectivity index (χ0v) is 10.9. The first-order valence-electron chi connectivity index (χ1n) is 6.59. The van der Waals surface area contributed by atoms with Gasteiger partial charge in [-0.3, -0.25) is 4.90 Å². The standard InChI is InChI=1S/C14H21FN2O/c1-12-11-16-7-9-17(12)8-2-10-18-14-5-3-13(15)4-6-14/h3-6,12,16H,2,7-11H2,1H3/t12-/m0/s1. The topological polar surface area (TPSA) is 24.5 Å². The Balaban J connectivity index is 1.65. The van der Waals surface area contributed by atoms with E-state index in [-0.39, 0.29) is 5.82 Å². The summed E-state index contributed by atoms with van der Waals surface area (Å²) >= 11 is 0. The highest BCUT2D eigenvalue weighted by molar-refractivity contribution is 5.21. The van der Waals surface area contributed by atoms with E-state index in [1.807, 2.05) is 0 Å². The molecule has 0 unspecified atom stereocenters. The van der Waals surface area contributed by atoms with E-state index in [1.54, 1.807) is 12.1 Å². The fourth-order valence-electron chi connectivity index (χ4n) is 2.20. The molecule has 18 heavy (non-hydrogen) atoms. The monoisotopic (exact) mass is 252 g/mol. The number of hydrogen-bond acceptors (Lipinski definition) is 3. The molecule has 1 aromatic carbocycles. The van der Waals surface area contributed by atoms with Crippen LogP contribution in [0.3, 0.4) is 0 Å². The average molecular weight is 252 g/mol. The first-order chi connectivity index (χ1) is 8.75. The predicted octanol–water partition coefficient (Wildman–Crippen LogP) is 1.89. The average Bonchev–Trinajstić information content (AvgIpc) is 2.39. The Morgan fingerprint density at radius 3 is 2.89 bits per heavy atom. The lowest BCUT2D eigenvalue weighted by molar-refractivity contribution is 0.160. The van der Waals surface area contributed by atoms with Gasteiger partial charge in [-0.1, -0.05) is 0 Å². The molecule has 100 valence electrons. The highest BCUT2D eigenvalue weighted by Crippen LogP contribution is 2.11. The molecule has 3 nitrogen and oxygen atoms in total. The van der Waals surface area contributed by atoms with Crippen molar-refractivity contribution in [1.29, 1.82) is 0 Å². The van der Waals surface area contributed by atoms with E-state index in [4.69, 9.17) is 4.74 Å². The highest BCUT2D eigenvalue weighted by atomic mass is 19.1. The van der Waals surface area contributed by atoms with Crippen LogP contribution >= 0.6 is 0 Å². The van der Waals surface area contributed by atoms with Crippen LogP contribution in [0, 0.1) is 5.82 Å². The molecule has 2 rings (SSSR count). The van der Waals surface area contributed by atoms with Gasteiger partial charge in [0.25, 0.3) is 0 Å². The van der Waals surface area contributed by atoms with E-state index in [0.717, 1.165) is 38.3 Å². The van der Waals surface area contributed by atoms with Crippen molar-refractivity contribution in [1.82, 2.24) is 10.2 Å². The molecule has 1 heterocycles. The summed E-state index contributed by atoms with van der Waals surface area (Å²) < 4.78 is 18.3. The molecule has 0 spiro atoms. The Labute approximate surface area is 108 Å². The van der Waals surface area contributed by atoms with Crippen molar-refractivity contribution in [3.8, 4) is 5.75 Å². The fraction of sp³-hybridized carbons (Fsp3) is 0.571. The molecule has 1 aromatic rings. The Morgan fingerprint density at radius 2 is 2.17 bits per heavy atom. The van der Waals surface area contributed by atoms with Gasteiger partial charge in [0.15, 0.2) is 0 Å². The molecular formula is C14H21FN2O. The molecule has 0 bridgehead atoms. The van der Waals surface area contributed by atoms with Crippen LogP contribution in [0.1, 0.15) is 13.3 Å². The van der Waals surface area contributed by atoms with Crippen LogP contribution in [0.5, 0.6) is 5.75 Å². The first-order valence-corrected chi connectivity index (χ1v) is 6.59. The number of nitrogens with one attached hydrogen (secondary N) is 1. The van der Waals surface area contributed by atoms with Crippen molar-refractivity contribution < 1.29 is 9.13 Å². The summed E-state index contributed by atoms with van der Waals surface area (Å²) in [6.45, 7) is 7.24. The van der Waals surface area contributed by atoms with E-state index in [2.05, 4.69) is 17.1 Å². The van der Waals surface area contributed by atoms with Gasteiger partial charge < -0.3 is 10.1 Å². The quantitative estimate of drug-likeness (QED) is 0.810. The van der Waals surface area contributed by atoms with Gasteiger partial charge >= 0.3 is 0 Å². The van der Waals surface area contributed by atoms with Crippen LogP contribution in [0.4, 0.5) is 4.39 Å². The molecular weight excluding hydrogens is 231 g/mol. The number of ether oxygens (including phenoxy) is 1. The maximum Gasteiger partial charge on any atom is 0.123 e. The van der Waals surface area contributed by atoms with Crippen LogP contribution in [0.15, 0.2) is 24.3 Å². The predicted molar refractivity (Wildman–Crippen MR) is 70.4 cm³/mol. The smallest absolute Gasteiger partial charge is 0.123 e. The van der Waals surface area contributed by atoms with Crippen LogP contribution in [-0.4, -0.2) is 43.7 Å². The van der Waals surface area contributed by atoms with Crippen molar-refractivity contribution >= 4 is 0 Å². The molecule has 1 fully saturated rings. The van der Waals surface area contributed by atoms with Gasteiger partial charge in [-0.25, -0.2) is 4.39 Å². The SMILES string of the molecule is C[C@H]1CNCCN1CCCOc1ccc(F)cc1. The van der Waals surface area contributed by atoms with Gasteiger partial charge in [0, 0.05) is 32.2 Å². The van der Waals surface area contributed by atoms with Crippen LogP contribution in [0.2, 0.25) is 0 Å². The first kappa shape index (κ1) is 13.3. The Bertz CT molecular complexity index is 355. The lowest BCUT2D eigenvalue weighted by Crippen LogP contribution is -2.50. The minimum atomic E-state index is -0.225. The third kappa shape index (κ3) is 3.96. The molecule has 4 heteroatoms. The number of piperazine rings is 1. The normalized spacial score (nSPS) is 20.9. The van der Waals surface area contributed by atoms with Crippen molar-refractivity contribution in [2.45, 2.75) is 19.4 Å². The van der Waals surface area contributed by atoms with Crippen molar-refractivity contribution in [2.24, 2.45) is 0 Å². The van der Waals surface area contributed by atoms with E-state index >= 15 is 0 Å². The number of nitrogens with zero attached hydrogens (tertiary/aromatic N) is 1. The number of benzene rings is 1. The summed E-state index contributed by atoms with van der Waals surface area (Å²) in [7, 11) is 0. The lowest BCUT2D eigenvalue weighted by Gasteiger charge is -2.33. The van der Waals surface area contributed by atoms with Gasteiger partial charge in [-0.2, -0.15) is 0 Å². The van der Waals surface area contributed by atoms with E-state index in [0.29, 0.717) is 12.6 Å². The van der Waals surface area contributed by atoms with Crippen molar-refractivity contribution in [3.05, 3.63) is 30.1 Å². The largest absolute Gasteiger partial charge is 0.494 e. The summed E-state index contributed by atoms with van der Waals surface area (Å²) in [5.74, 6) is 0.516. The second kappa shape index (κ2) is 6.71. The Morgan fingerprint density at radius 1 is 1.39 bits per heavy atom. The summed E-state index contributed by atoms with van der Waals surface area (Å²) in [5.41, 5.74) is 0. The van der Waals surface area contributed by atoms with E-state index < -0.39 is 0 Å². The van der Waals surface area contributed by atoms with Crippen molar-refractivity contribution in [2.75, 3.05) is 32.8 Å². The minimum absolute atomic E-state index is 0.225. The molecule has 1 N–H and O–H groups in total. The van der Waals surface area contributed by atoms with E-state index in [1.165, 1.54) is 12.1 Å². The molecule has 1 atom stereocenters. The van der Waals surface area contributed by atoms with Crippen LogP contribution < -0.4 is 10.1 Å². The maximum atomic E-state index is 12.7. The van der Waals surface area contributed by atoms with Crippen LogP contribution in [-0.2, 0) is 0 Å². The zero-order valence-electron chi connectivity index (χ0n) is 10.9. The number of halogens is 1. The van der Waals surface area contributed by atoms with Gasteiger partial charge in [0.05, 0.1) is 6.61 Å². The van der Waals surface area contributed by atoms with E-state index in [9.17, 15) is 4.39 Å². The van der Waals surface area contributed by atoms with Gasteiger partial charge in [-0.05, 0) is 37.6 Å². The van der Waals surface area contributed by atoms with Gasteiger partial charge in [0.1, 0.15) is 11.6 Å². The number of hydrogen-bond donors (Lipinski definition) is 1. The minimum Gasteiger partial charge on any atom is -0.494 e. The third-order valence-corrected chi connectivity index (χ3v) is 3.31. The van der Waals surface area contributed by atoms with Gasteiger partial charge in [-0.15, -0.1) is 0 Å². The maximum absolute atomic E-state index is 12.7. The Hall–Kier alpha value is -1.13. The molecule has 0 amide bonds. The van der Waals surface area contributed by atoms with Gasteiger partial charge in [0.2, 0.25) is 0 Å². The molecule has 0 radical (unpaired) electrons. The summed E-state index contributed by atoms with van der Waals surface area (Å²) in [6.07, 6.45) is 1.00. The Kier molecular flexibility index (Phi) is 4.96. The fourth-order valence-corrected chi connectivity index (χ4v) is 2.20. The second-order valence-corrected chi connectivity index (χ2v) is 4.75. The molecule has 0 aromatic heterocycles. The van der Waals surface area contributed by atoms with Crippen molar-refractivity contribution in [3.63, 3.8) is 0 Å². The summed E-state index contributed by atoms with van der Waals surface area (Å²) in [6, 6.07) is 6.79. The zero-order chi connectivity index (χ0) is 12.8. The molecule has 1 saturated heterocycles.